The van der Waals surface area contributed by atoms with Crippen molar-refractivity contribution in [3.05, 3.63) is 54.1 Å². The highest BCUT2D eigenvalue weighted by Gasteiger charge is 2.18. The summed E-state index contributed by atoms with van der Waals surface area (Å²) in [6, 6.07) is 11.0. The minimum atomic E-state index is -0.254. The van der Waals surface area contributed by atoms with Crippen LogP contribution in [0.2, 0.25) is 0 Å². The van der Waals surface area contributed by atoms with Crippen LogP contribution in [0.15, 0.2) is 42.6 Å². The quantitative estimate of drug-likeness (QED) is 0.732. The third-order valence-electron chi connectivity index (χ3n) is 4.07. The molecule has 26 heavy (non-hydrogen) atoms. The van der Waals surface area contributed by atoms with Crippen molar-refractivity contribution in [2.75, 3.05) is 19.5 Å². The number of aromatic nitrogens is 2. The Morgan fingerprint density at radius 1 is 1.15 bits per heavy atom. The molecule has 2 aromatic heterocycles. The molecule has 0 bridgehead atoms. The van der Waals surface area contributed by atoms with Gasteiger partial charge in [-0.15, -0.1) is 0 Å². The number of ether oxygens (including phenoxy) is 2. The first-order valence-electron chi connectivity index (χ1n) is 8.52. The predicted octanol–water partition coefficient (Wildman–Crippen LogP) is 3.80. The van der Waals surface area contributed by atoms with Crippen LogP contribution < -0.4 is 14.8 Å². The highest BCUT2D eigenvalue weighted by atomic mass is 16.5. The first-order valence-corrected chi connectivity index (χ1v) is 8.52. The fraction of sp³-hybridized carbons (Fsp3) is 0.300. The molecular weight excluding hydrogens is 330 g/mol. The van der Waals surface area contributed by atoms with E-state index in [1.807, 2.05) is 28.8 Å². The van der Waals surface area contributed by atoms with Gasteiger partial charge in [0.05, 0.1) is 19.7 Å². The summed E-state index contributed by atoms with van der Waals surface area (Å²) in [6.07, 6.45) is 2.74. The Balaban J connectivity index is 1.93. The van der Waals surface area contributed by atoms with Crippen LogP contribution in [0, 0.1) is 5.92 Å². The Labute approximate surface area is 152 Å². The molecule has 0 radical (unpaired) electrons. The zero-order chi connectivity index (χ0) is 18.7. The van der Waals surface area contributed by atoms with Crippen molar-refractivity contribution in [2.24, 2.45) is 5.92 Å². The molecule has 1 N–H and O–H groups in total. The molecule has 0 saturated heterocycles. The number of methoxy groups -OCH3 is 2. The summed E-state index contributed by atoms with van der Waals surface area (Å²) in [5.74, 6) is 2.24. The van der Waals surface area contributed by atoms with Crippen molar-refractivity contribution in [3.63, 3.8) is 0 Å². The number of benzene rings is 1. The molecule has 0 fully saturated rings. The van der Waals surface area contributed by atoms with Gasteiger partial charge < -0.3 is 19.2 Å². The van der Waals surface area contributed by atoms with E-state index in [0.29, 0.717) is 28.8 Å². The van der Waals surface area contributed by atoms with Gasteiger partial charge in [-0.1, -0.05) is 19.9 Å². The van der Waals surface area contributed by atoms with Gasteiger partial charge in [0, 0.05) is 24.4 Å². The van der Waals surface area contributed by atoms with Crippen LogP contribution in [-0.2, 0) is 6.42 Å². The molecule has 0 atom stereocenters. The molecule has 3 rings (SSSR count). The summed E-state index contributed by atoms with van der Waals surface area (Å²) in [7, 11) is 3.13. The van der Waals surface area contributed by atoms with Crippen molar-refractivity contribution in [1.82, 2.24) is 9.38 Å². The van der Waals surface area contributed by atoms with Crippen molar-refractivity contribution in [2.45, 2.75) is 20.3 Å². The van der Waals surface area contributed by atoms with Gasteiger partial charge >= 0.3 is 0 Å². The number of imidazole rings is 1. The minimum absolute atomic E-state index is 0.254. The summed E-state index contributed by atoms with van der Waals surface area (Å²) in [4.78, 5) is 17.4. The standard InChI is InChI=1S/C20H23N3O3/c1-13(2)11-18-22-19(15-7-5-6-10-23(15)18)20(24)21-14-8-9-16(25-3)17(12-14)26-4/h5-10,12-13H,11H2,1-4H3,(H,21,24). The second-order valence-corrected chi connectivity index (χ2v) is 6.45. The molecule has 1 aromatic carbocycles. The van der Waals surface area contributed by atoms with E-state index < -0.39 is 0 Å². The highest BCUT2D eigenvalue weighted by molar-refractivity contribution is 6.07. The number of nitrogens with zero attached hydrogens (tertiary/aromatic N) is 2. The Kier molecular flexibility index (Phi) is 5.11. The second-order valence-electron chi connectivity index (χ2n) is 6.45. The van der Waals surface area contributed by atoms with Gasteiger partial charge in [-0.25, -0.2) is 4.98 Å². The Bertz CT molecular complexity index is 931. The molecule has 0 saturated carbocycles. The lowest BCUT2D eigenvalue weighted by molar-refractivity contribution is 0.102. The molecular formula is C20H23N3O3. The van der Waals surface area contributed by atoms with Crippen LogP contribution in [0.5, 0.6) is 11.5 Å². The van der Waals surface area contributed by atoms with Crippen LogP contribution in [0.25, 0.3) is 5.52 Å². The van der Waals surface area contributed by atoms with E-state index in [9.17, 15) is 4.79 Å². The van der Waals surface area contributed by atoms with Gasteiger partial charge in [0.15, 0.2) is 17.2 Å². The fourth-order valence-corrected chi connectivity index (χ4v) is 2.88. The molecule has 2 heterocycles. The smallest absolute Gasteiger partial charge is 0.276 e. The van der Waals surface area contributed by atoms with Crippen molar-refractivity contribution < 1.29 is 14.3 Å². The molecule has 6 heteroatoms. The average Bonchev–Trinajstić information content (AvgIpc) is 3.00. The number of anilines is 1. The molecule has 6 nitrogen and oxygen atoms in total. The molecule has 0 aliphatic rings. The summed E-state index contributed by atoms with van der Waals surface area (Å²) in [6.45, 7) is 4.26. The number of hydrogen-bond acceptors (Lipinski definition) is 4. The van der Waals surface area contributed by atoms with Crippen LogP contribution in [0.1, 0.15) is 30.2 Å². The van der Waals surface area contributed by atoms with E-state index in [1.54, 1.807) is 32.4 Å². The lowest BCUT2D eigenvalue weighted by Crippen LogP contribution is -2.13. The van der Waals surface area contributed by atoms with Crippen LogP contribution in [-0.4, -0.2) is 29.5 Å². The first-order chi connectivity index (χ1) is 12.5. The van der Waals surface area contributed by atoms with E-state index in [1.165, 1.54) is 0 Å². The third-order valence-corrected chi connectivity index (χ3v) is 4.07. The molecule has 0 spiro atoms. The van der Waals surface area contributed by atoms with E-state index >= 15 is 0 Å². The average molecular weight is 353 g/mol. The highest BCUT2D eigenvalue weighted by Crippen LogP contribution is 2.30. The van der Waals surface area contributed by atoms with E-state index in [0.717, 1.165) is 17.8 Å². The molecule has 0 aliphatic heterocycles. The summed E-state index contributed by atoms with van der Waals surface area (Å²) in [5, 5.41) is 2.89. The fourth-order valence-electron chi connectivity index (χ4n) is 2.88. The largest absolute Gasteiger partial charge is 0.493 e. The molecule has 0 aliphatic carbocycles. The summed E-state index contributed by atoms with van der Waals surface area (Å²) >= 11 is 0. The van der Waals surface area contributed by atoms with Gasteiger partial charge in [0.25, 0.3) is 5.91 Å². The summed E-state index contributed by atoms with van der Waals surface area (Å²) < 4.78 is 12.5. The number of pyridine rings is 1. The number of fused-ring (bicyclic) bond motifs is 1. The zero-order valence-electron chi connectivity index (χ0n) is 15.4. The van der Waals surface area contributed by atoms with E-state index in [2.05, 4.69) is 24.1 Å². The number of amides is 1. The monoisotopic (exact) mass is 353 g/mol. The topological polar surface area (TPSA) is 64.9 Å². The third kappa shape index (κ3) is 3.49. The predicted molar refractivity (Wildman–Crippen MR) is 101 cm³/mol. The lowest BCUT2D eigenvalue weighted by atomic mass is 10.1. The van der Waals surface area contributed by atoms with Gasteiger partial charge in [0.1, 0.15) is 5.82 Å². The normalized spacial score (nSPS) is 11.0. The SMILES string of the molecule is COc1ccc(NC(=O)c2nc(CC(C)C)n3ccccc23)cc1OC. The van der Waals surface area contributed by atoms with Gasteiger partial charge in [-0.3, -0.25) is 4.79 Å². The number of rotatable bonds is 6. The van der Waals surface area contributed by atoms with Gasteiger partial charge in [-0.2, -0.15) is 0 Å². The van der Waals surface area contributed by atoms with Gasteiger partial charge in [-0.05, 0) is 30.2 Å². The van der Waals surface area contributed by atoms with Crippen LogP contribution in [0.4, 0.5) is 5.69 Å². The maximum absolute atomic E-state index is 12.8. The number of hydrogen-bond donors (Lipinski definition) is 1. The maximum Gasteiger partial charge on any atom is 0.276 e. The Hall–Kier alpha value is -3.02. The number of carbonyl (C=O) groups is 1. The van der Waals surface area contributed by atoms with E-state index in [-0.39, 0.29) is 5.91 Å². The Morgan fingerprint density at radius 3 is 2.62 bits per heavy atom. The lowest BCUT2D eigenvalue weighted by Gasteiger charge is -2.10. The minimum Gasteiger partial charge on any atom is -0.493 e. The van der Waals surface area contributed by atoms with E-state index in [4.69, 9.17) is 9.47 Å². The molecule has 0 unspecified atom stereocenters. The second kappa shape index (κ2) is 7.47. The molecule has 1 amide bonds. The number of carbonyl (C=O) groups excluding carboxylic acids is 1. The van der Waals surface area contributed by atoms with Gasteiger partial charge in [0.2, 0.25) is 0 Å². The Morgan fingerprint density at radius 2 is 1.92 bits per heavy atom. The molecule has 3 aromatic rings. The number of nitrogens with one attached hydrogen (secondary N) is 1. The van der Waals surface area contributed by atoms with Crippen molar-refractivity contribution in [3.8, 4) is 11.5 Å². The summed E-state index contributed by atoms with van der Waals surface area (Å²) in [5.41, 5.74) is 1.83. The first kappa shape index (κ1) is 17.8. The van der Waals surface area contributed by atoms with Crippen LogP contribution in [0.3, 0.4) is 0 Å². The van der Waals surface area contributed by atoms with Crippen LogP contribution >= 0.6 is 0 Å². The maximum atomic E-state index is 12.8. The molecule has 136 valence electrons. The van der Waals surface area contributed by atoms with Crippen molar-refractivity contribution in [1.29, 1.82) is 0 Å². The van der Waals surface area contributed by atoms with Crippen molar-refractivity contribution >= 4 is 17.1 Å². The zero-order valence-corrected chi connectivity index (χ0v) is 15.4.